The number of carbonyl (C=O) groups excluding carboxylic acids is 1. The molecule has 0 amide bonds. The van der Waals surface area contributed by atoms with Gasteiger partial charge in [-0.2, -0.15) is 0 Å². The zero-order chi connectivity index (χ0) is 13.4. The standard InChI is InChI=1S/C6H12O2.C2Cl6/c1-3-4-5-8-6(2)7;3-1(4,5)2(6,7)8/h3-5H2,1-2H3;. The van der Waals surface area contributed by atoms with Gasteiger partial charge in [-0.3, -0.25) is 4.79 Å². The Bertz CT molecular complexity index is 184. The van der Waals surface area contributed by atoms with Crippen molar-refractivity contribution in [2.75, 3.05) is 6.61 Å². The van der Waals surface area contributed by atoms with Crippen LogP contribution in [0.15, 0.2) is 0 Å². The summed E-state index contributed by atoms with van der Waals surface area (Å²) in [7, 11) is 0. The molecule has 0 spiro atoms. The maximum absolute atomic E-state index is 10.1. The first kappa shape index (κ1) is 19.5. The van der Waals surface area contributed by atoms with Gasteiger partial charge < -0.3 is 4.74 Å². The zero-order valence-electron chi connectivity index (χ0n) is 8.71. The van der Waals surface area contributed by atoms with Crippen LogP contribution in [0.2, 0.25) is 0 Å². The third-order valence-corrected chi connectivity index (χ3v) is 3.70. The van der Waals surface area contributed by atoms with Gasteiger partial charge in [0.25, 0.3) is 0 Å². The van der Waals surface area contributed by atoms with Crippen LogP contribution in [0.1, 0.15) is 26.7 Å². The second kappa shape index (κ2) is 9.18. The predicted molar refractivity (Wildman–Crippen MR) is 72.1 cm³/mol. The molecular formula is C8H12Cl6O2. The number of carbonyl (C=O) groups is 1. The van der Waals surface area contributed by atoms with Crippen molar-refractivity contribution in [3.05, 3.63) is 0 Å². The minimum absolute atomic E-state index is 0.182. The molecule has 0 aromatic carbocycles. The number of hydrogen-bond acceptors (Lipinski definition) is 2. The van der Waals surface area contributed by atoms with Gasteiger partial charge in [0.2, 0.25) is 7.59 Å². The van der Waals surface area contributed by atoms with Crippen molar-refractivity contribution in [3.8, 4) is 0 Å². The van der Waals surface area contributed by atoms with E-state index in [9.17, 15) is 4.79 Å². The van der Waals surface area contributed by atoms with Crippen molar-refractivity contribution >= 4 is 75.6 Å². The van der Waals surface area contributed by atoms with Gasteiger partial charge in [0.05, 0.1) is 6.61 Å². The zero-order valence-corrected chi connectivity index (χ0v) is 13.2. The molecule has 0 saturated carbocycles. The van der Waals surface area contributed by atoms with Crippen molar-refractivity contribution in [1.29, 1.82) is 0 Å². The third-order valence-electron chi connectivity index (χ3n) is 1.12. The van der Waals surface area contributed by atoms with Crippen LogP contribution in [0.25, 0.3) is 0 Å². The highest BCUT2D eigenvalue weighted by atomic mass is 35.6. The Morgan fingerprint density at radius 2 is 1.44 bits per heavy atom. The molecule has 0 fully saturated rings. The van der Waals surface area contributed by atoms with Gasteiger partial charge in [-0.1, -0.05) is 83.0 Å². The lowest BCUT2D eigenvalue weighted by molar-refractivity contribution is -0.141. The number of alkyl halides is 6. The van der Waals surface area contributed by atoms with Crippen molar-refractivity contribution in [2.24, 2.45) is 0 Å². The Kier molecular flexibility index (Phi) is 11.2. The molecule has 0 aliphatic rings. The normalized spacial score (nSPS) is 11.5. The fourth-order valence-electron chi connectivity index (χ4n) is 0.360. The number of hydrogen-bond donors (Lipinski definition) is 0. The Labute approximate surface area is 125 Å². The largest absolute Gasteiger partial charge is 0.466 e. The van der Waals surface area contributed by atoms with E-state index in [0.717, 1.165) is 12.8 Å². The first-order chi connectivity index (χ1) is 7.02. The molecule has 0 heterocycles. The van der Waals surface area contributed by atoms with E-state index in [2.05, 4.69) is 11.7 Å². The highest BCUT2D eigenvalue weighted by Crippen LogP contribution is 2.48. The van der Waals surface area contributed by atoms with E-state index in [1.54, 1.807) is 0 Å². The van der Waals surface area contributed by atoms with Crippen molar-refractivity contribution in [3.63, 3.8) is 0 Å². The second-order valence-electron chi connectivity index (χ2n) is 2.69. The van der Waals surface area contributed by atoms with E-state index in [1.807, 2.05) is 0 Å². The van der Waals surface area contributed by atoms with Crippen LogP contribution in [-0.4, -0.2) is 20.2 Å². The first-order valence-electron chi connectivity index (χ1n) is 4.29. The lowest BCUT2D eigenvalue weighted by atomic mass is 10.4. The van der Waals surface area contributed by atoms with E-state index in [1.165, 1.54) is 6.92 Å². The molecule has 0 rings (SSSR count). The summed E-state index contributed by atoms with van der Waals surface area (Å²) < 4.78 is 0.944. The maximum atomic E-state index is 10.1. The van der Waals surface area contributed by atoms with E-state index < -0.39 is 7.59 Å². The molecule has 0 aromatic heterocycles. The lowest BCUT2D eigenvalue weighted by Crippen LogP contribution is -2.23. The van der Waals surface area contributed by atoms with Crippen molar-refractivity contribution in [1.82, 2.24) is 0 Å². The summed E-state index contributed by atoms with van der Waals surface area (Å²) in [5.74, 6) is -0.182. The van der Waals surface area contributed by atoms with E-state index in [4.69, 9.17) is 69.6 Å². The molecule has 0 atom stereocenters. The van der Waals surface area contributed by atoms with Crippen LogP contribution in [0.4, 0.5) is 0 Å². The molecule has 0 aliphatic carbocycles. The van der Waals surface area contributed by atoms with E-state index in [0.29, 0.717) is 6.61 Å². The number of esters is 1. The van der Waals surface area contributed by atoms with Gasteiger partial charge in [-0.15, -0.1) is 0 Å². The lowest BCUT2D eigenvalue weighted by Gasteiger charge is -2.19. The quantitative estimate of drug-likeness (QED) is 0.402. The Balaban J connectivity index is 0. The Hall–Kier alpha value is 1.21. The molecule has 0 unspecified atom stereocenters. The number of halogens is 6. The van der Waals surface area contributed by atoms with Gasteiger partial charge in [0.15, 0.2) is 0 Å². The molecule has 0 saturated heterocycles. The van der Waals surface area contributed by atoms with Gasteiger partial charge in [-0.25, -0.2) is 0 Å². The van der Waals surface area contributed by atoms with Gasteiger partial charge in [-0.05, 0) is 6.42 Å². The Morgan fingerprint density at radius 1 is 1.06 bits per heavy atom. The molecule has 0 radical (unpaired) electrons. The van der Waals surface area contributed by atoms with Crippen LogP contribution >= 0.6 is 69.6 Å². The number of ether oxygens (including phenoxy) is 1. The molecule has 16 heavy (non-hydrogen) atoms. The van der Waals surface area contributed by atoms with Crippen LogP contribution in [-0.2, 0) is 9.53 Å². The summed E-state index contributed by atoms with van der Waals surface area (Å²) in [6, 6.07) is 0. The van der Waals surface area contributed by atoms with Crippen LogP contribution in [0.5, 0.6) is 0 Å². The van der Waals surface area contributed by atoms with Gasteiger partial charge >= 0.3 is 5.97 Å². The fraction of sp³-hybridized carbons (Fsp3) is 0.875. The Morgan fingerprint density at radius 3 is 1.62 bits per heavy atom. The SMILES string of the molecule is CCCCOC(C)=O.ClC(Cl)(Cl)C(Cl)(Cl)Cl. The molecule has 0 bridgehead atoms. The molecular weight excluding hydrogens is 341 g/mol. The van der Waals surface area contributed by atoms with Crippen LogP contribution in [0, 0.1) is 0 Å². The monoisotopic (exact) mass is 350 g/mol. The van der Waals surface area contributed by atoms with Gasteiger partial charge in [0.1, 0.15) is 0 Å². The summed E-state index contributed by atoms with van der Waals surface area (Å²) in [5.41, 5.74) is 0. The topological polar surface area (TPSA) is 26.3 Å². The van der Waals surface area contributed by atoms with Crippen LogP contribution in [0.3, 0.4) is 0 Å². The van der Waals surface area contributed by atoms with E-state index >= 15 is 0 Å². The molecule has 8 heteroatoms. The molecule has 2 nitrogen and oxygen atoms in total. The van der Waals surface area contributed by atoms with Gasteiger partial charge in [0, 0.05) is 6.92 Å². The summed E-state index contributed by atoms with van der Waals surface area (Å²) in [4.78, 5) is 10.1. The highest BCUT2D eigenvalue weighted by Gasteiger charge is 2.43. The molecule has 0 aliphatic heterocycles. The second-order valence-corrected chi connectivity index (χ2v) is 7.25. The number of rotatable bonds is 3. The summed E-state index contributed by atoms with van der Waals surface area (Å²) >= 11 is 30.9. The molecule has 0 N–H and O–H groups in total. The number of unbranched alkanes of at least 4 members (excludes halogenated alkanes) is 1. The van der Waals surface area contributed by atoms with Crippen LogP contribution < -0.4 is 0 Å². The highest BCUT2D eigenvalue weighted by molar-refractivity contribution is 6.83. The van der Waals surface area contributed by atoms with Crippen molar-refractivity contribution < 1.29 is 9.53 Å². The minimum Gasteiger partial charge on any atom is -0.466 e. The predicted octanol–water partition coefficient (Wildman–Crippen LogP) is 5.08. The fourth-order valence-corrected chi connectivity index (χ4v) is 0.360. The summed E-state index contributed by atoms with van der Waals surface area (Å²) in [5, 5.41) is 0. The minimum atomic E-state index is -1.85. The summed E-state index contributed by atoms with van der Waals surface area (Å²) in [6.07, 6.45) is 2.05. The van der Waals surface area contributed by atoms with E-state index in [-0.39, 0.29) is 5.97 Å². The first-order valence-corrected chi connectivity index (χ1v) is 6.56. The smallest absolute Gasteiger partial charge is 0.302 e. The maximum Gasteiger partial charge on any atom is 0.302 e. The molecule has 98 valence electrons. The average Bonchev–Trinajstić information content (AvgIpc) is 2.01. The van der Waals surface area contributed by atoms with Crippen molar-refractivity contribution in [2.45, 2.75) is 34.3 Å². The summed E-state index contributed by atoms with van der Waals surface area (Å²) in [6.45, 7) is 4.06. The third kappa shape index (κ3) is 13.3. The molecule has 0 aromatic rings. The average molecular weight is 353 g/mol.